The van der Waals surface area contributed by atoms with Gasteiger partial charge in [0.15, 0.2) is 0 Å². The molecule has 3 nitrogen and oxygen atoms in total. The Kier molecular flexibility index (Phi) is 4.95. The third-order valence-electron chi connectivity index (χ3n) is 4.14. The summed E-state index contributed by atoms with van der Waals surface area (Å²) in [5.74, 6) is 0.554. The van der Waals surface area contributed by atoms with Crippen molar-refractivity contribution < 1.29 is 0 Å². The average molecular weight is 257 g/mol. The Labute approximate surface area is 116 Å². The first-order valence-electron chi connectivity index (χ1n) is 7.14. The summed E-state index contributed by atoms with van der Waals surface area (Å²) in [5, 5.41) is 9.10. The van der Waals surface area contributed by atoms with E-state index >= 15 is 0 Å². The predicted octanol–water partition coefficient (Wildman–Crippen LogP) is 2.70. The first-order chi connectivity index (χ1) is 9.22. The van der Waals surface area contributed by atoms with E-state index < -0.39 is 0 Å². The highest BCUT2D eigenvalue weighted by atomic mass is 15.2. The average Bonchev–Trinajstić information content (AvgIpc) is 2.46. The number of hydrogen-bond acceptors (Lipinski definition) is 3. The van der Waals surface area contributed by atoms with Crippen molar-refractivity contribution in [2.45, 2.75) is 38.3 Å². The van der Waals surface area contributed by atoms with Gasteiger partial charge in [0, 0.05) is 18.6 Å². The van der Waals surface area contributed by atoms with Gasteiger partial charge in [-0.3, -0.25) is 4.90 Å². The Morgan fingerprint density at radius 3 is 2.79 bits per heavy atom. The maximum Gasteiger partial charge on any atom is 0.0641 e. The lowest BCUT2D eigenvalue weighted by atomic mass is 9.90. The topological polar surface area (TPSA) is 53.0 Å². The molecule has 2 N–H and O–H groups in total. The number of nitrogens with zero attached hydrogens (tertiary/aromatic N) is 2. The van der Waals surface area contributed by atoms with E-state index in [1.807, 2.05) is 18.2 Å². The van der Waals surface area contributed by atoms with E-state index in [2.05, 4.69) is 30.0 Å². The molecule has 3 unspecified atom stereocenters. The van der Waals surface area contributed by atoms with Gasteiger partial charge in [-0.2, -0.15) is 5.26 Å². The molecule has 0 saturated carbocycles. The zero-order valence-electron chi connectivity index (χ0n) is 11.6. The second-order valence-electron chi connectivity index (χ2n) is 5.55. The van der Waals surface area contributed by atoms with E-state index in [0.29, 0.717) is 12.3 Å². The quantitative estimate of drug-likeness (QED) is 0.902. The first kappa shape index (κ1) is 14.0. The lowest BCUT2D eigenvalue weighted by Gasteiger charge is -2.39. The van der Waals surface area contributed by atoms with Gasteiger partial charge in [0.25, 0.3) is 0 Å². The second kappa shape index (κ2) is 6.70. The Hall–Kier alpha value is -1.37. The zero-order valence-corrected chi connectivity index (χ0v) is 11.6. The van der Waals surface area contributed by atoms with Gasteiger partial charge < -0.3 is 5.73 Å². The van der Waals surface area contributed by atoms with Crippen LogP contribution in [0.25, 0.3) is 0 Å². The molecule has 1 aromatic rings. The van der Waals surface area contributed by atoms with Crippen molar-refractivity contribution in [3.63, 3.8) is 0 Å². The van der Waals surface area contributed by atoms with Gasteiger partial charge in [0.2, 0.25) is 0 Å². The molecule has 19 heavy (non-hydrogen) atoms. The van der Waals surface area contributed by atoms with Crippen LogP contribution in [-0.2, 0) is 0 Å². The van der Waals surface area contributed by atoms with Crippen LogP contribution >= 0.6 is 0 Å². The largest absolute Gasteiger partial charge is 0.328 e. The monoisotopic (exact) mass is 257 g/mol. The SMILES string of the molecule is CC(N)C1CCCN(C(CC#N)c2ccccc2)C1. The molecule has 0 bridgehead atoms. The molecule has 0 amide bonds. The number of hydrogen-bond donors (Lipinski definition) is 1. The summed E-state index contributed by atoms with van der Waals surface area (Å²) in [5.41, 5.74) is 7.30. The Bertz CT molecular complexity index is 421. The van der Waals surface area contributed by atoms with Crippen molar-refractivity contribution in [3.05, 3.63) is 35.9 Å². The van der Waals surface area contributed by atoms with Crippen LogP contribution in [0.1, 0.15) is 37.8 Å². The van der Waals surface area contributed by atoms with E-state index in [-0.39, 0.29) is 12.1 Å². The summed E-state index contributed by atoms with van der Waals surface area (Å²) in [6, 6.07) is 13.2. The number of likely N-dealkylation sites (tertiary alicyclic amines) is 1. The van der Waals surface area contributed by atoms with Gasteiger partial charge in [-0.15, -0.1) is 0 Å². The summed E-state index contributed by atoms with van der Waals surface area (Å²) < 4.78 is 0. The van der Waals surface area contributed by atoms with Gasteiger partial charge in [-0.25, -0.2) is 0 Å². The Morgan fingerprint density at radius 2 is 2.16 bits per heavy atom. The number of benzene rings is 1. The molecule has 1 fully saturated rings. The van der Waals surface area contributed by atoms with Crippen molar-refractivity contribution in [2.75, 3.05) is 13.1 Å². The molecule has 3 atom stereocenters. The fourth-order valence-electron chi connectivity index (χ4n) is 2.97. The summed E-state index contributed by atoms with van der Waals surface area (Å²) in [6.45, 7) is 4.18. The van der Waals surface area contributed by atoms with Gasteiger partial charge in [0.05, 0.1) is 12.5 Å². The summed E-state index contributed by atoms with van der Waals surface area (Å²) in [7, 11) is 0. The molecule has 0 radical (unpaired) electrons. The van der Waals surface area contributed by atoms with Crippen molar-refractivity contribution in [1.29, 1.82) is 5.26 Å². The van der Waals surface area contributed by atoms with Crippen LogP contribution in [-0.4, -0.2) is 24.0 Å². The predicted molar refractivity (Wildman–Crippen MR) is 77.4 cm³/mol. The summed E-state index contributed by atoms with van der Waals surface area (Å²) in [6.07, 6.45) is 2.94. The molecule has 1 aliphatic heterocycles. The van der Waals surface area contributed by atoms with E-state index in [9.17, 15) is 0 Å². The molecule has 0 aliphatic carbocycles. The number of rotatable bonds is 4. The normalized spacial score (nSPS) is 23.5. The highest BCUT2D eigenvalue weighted by molar-refractivity contribution is 5.20. The summed E-state index contributed by atoms with van der Waals surface area (Å²) in [4.78, 5) is 2.44. The van der Waals surface area contributed by atoms with Crippen molar-refractivity contribution in [2.24, 2.45) is 11.7 Å². The van der Waals surface area contributed by atoms with Crippen LogP contribution in [0.2, 0.25) is 0 Å². The lowest BCUT2D eigenvalue weighted by Crippen LogP contribution is -2.43. The standard InChI is InChI=1S/C16H23N3/c1-13(18)15-8-5-11-19(12-15)16(9-10-17)14-6-3-2-4-7-14/h2-4,6-7,13,15-16H,5,8-9,11-12,18H2,1H3. The maximum atomic E-state index is 9.10. The molecular weight excluding hydrogens is 234 g/mol. The van der Waals surface area contributed by atoms with Crippen molar-refractivity contribution in [3.8, 4) is 6.07 Å². The van der Waals surface area contributed by atoms with Crippen LogP contribution < -0.4 is 5.73 Å². The van der Waals surface area contributed by atoms with Gasteiger partial charge >= 0.3 is 0 Å². The molecule has 1 aliphatic rings. The minimum Gasteiger partial charge on any atom is -0.328 e. The first-order valence-corrected chi connectivity index (χ1v) is 7.14. The molecule has 1 saturated heterocycles. The lowest BCUT2D eigenvalue weighted by molar-refractivity contribution is 0.115. The maximum absolute atomic E-state index is 9.10. The van der Waals surface area contributed by atoms with Crippen LogP contribution in [0, 0.1) is 17.2 Å². The molecule has 2 rings (SSSR count). The van der Waals surface area contributed by atoms with Crippen molar-refractivity contribution >= 4 is 0 Å². The number of piperidine rings is 1. The van der Waals surface area contributed by atoms with Crippen LogP contribution in [0.4, 0.5) is 0 Å². The third-order valence-corrected chi connectivity index (χ3v) is 4.14. The van der Waals surface area contributed by atoms with Crippen LogP contribution in [0.3, 0.4) is 0 Å². The highest BCUT2D eigenvalue weighted by Gasteiger charge is 2.28. The minimum absolute atomic E-state index is 0.216. The van der Waals surface area contributed by atoms with E-state index in [4.69, 9.17) is 11.0 Å². The van der Waals surface area contributed by atoms with Crippen molar-refractivity contribution in [1.82, 2.24) is 4.90 Å². The molecule has 3 heteroatoms. The van der Waals surface area contributed by atoms with Gasteiger partial charge in [0.1, 0.15) is 0 Å². The molecule has 102 valence electrons. The smallest absolute Gasteiger partial charge is 0.0641 e. The number of nitrogens with two attached hydrogens (primary N) is 1. The molecule has 1 aromatic carbocycles. The van der Waals surface area contributed by atoms with E-state index in [1.165, 1.54) is 18.4 Å². The third kappa shape index (κ3) is 3.56. The van der Waals surface area contributed by atoms with Gasteiger partial charge in [-0.1, -0.05) is 30.3 Å². The Morgan fingerprint density at radius 1 is 1.42 bits per heavy atom. The molecule has 0 aromatic heterocycles. The summed E-state index contributed by atoms with van der Waals surface area (Å²) >= 11 is 0. The van der Waals surface area contributed by atoms with E-state index in [0.717, 1.165) is 13.1 Å². The van der Waals surface area contributed by atoms with Gasteiger partial charge in [-0.05, 0) is 37.8 Å². The second-order valence-corrected chi connectivity index (χ2v) is 5.55. The van der Waals surface area contributed by atoms with E-state index in [1.54, 1.807) is 0 Å². The number of nitriles is 1. The minimum atomic E-state index is 0.216. The Balaban J connectivity index is 2.13. The molecule has 0 spiro atoms. The molecular formula is C16H23N3. The molecule has 1 heterocycles. The highest BCUT2D eigenvalue weighted by Crippen LogP contribution is 2.29. The zero-order chi connectivity index (χ0) is 13.7. The fraction of sp³-hybridized carbons (Fsp3) is 0.562. The van der Waals surface area contributed by atoms with Crippen LogP contribution in [0.15, 0.2) is 30.3 Å². The fourth-order valence-corrected chi connectivity index (χ4v) is 2.97. The van der Waals surface area contributed by atoms with Crippen LogP contribution in [0.5, 0.6) is 0 Å².